The Hall–Kier alpha value is -1.26. The zero-order valence-corrected chi connectivity index (χ0v) is 12.6. The van der Waals surface area contributed by atoms with Crippen molar-refractivity contribution in [1.29, 1.82) is 0 Å². The van der Waals surface area contributed by atoms with E-state index >= 15 is 0 Å². The van der Waals surface area contributed by atoms with Crippen molar-refractivity contribution in [3.63, 3.8) is 0 Å². The van der Waals surface area contributed by atoms with Crippen LogP contribution in [-0.2, 0) is 4.79 Å². The molecular formula is C15H26N2O3. The molecule has 1 unspecified atom stereocenters. The van der Waals surface area contributed by atoms with Gasteiger partial charge < -0.3 is 15.3 Å². The van der Waals surface area contributed by atoms with Gasteiger partial charge in [0.15, 0.2) is 0 Å². The van der Waals surface area contributed by atoms with Gasteiger partial charge in [-0.15, -0.1) is 0 Å². The minimum atomic E-state index is -0.987. The molecule has 0 aromatic carbocycles. The number of carboxylic acid groups (broad SMARTS) is 1. The lowest BCUT2D eigenvalue weighted by molar-refractivity contribution is -0.148. The Kier molecular flexibility index (Phi) is 4.25. The first kappa shape index (κ1) is 15.1. The monoisotopic (exact) mass is 282 g/mol. The summed E-state index contributed by atoms with van der Waals surface area (Å²) in [6.07, 6.45) is 6.17. The summed E-state index contributed by atoms with van der Waals surface area (Å²) in [6, 6.07) is -0.202. The fourth-order valence-corrected chi connectivity index (χ4v) is 3.52. The number of amides is 2. The molecule has 0 spiro atoms. The Balaban J connectivity index is 2.01. The molecule has 0 radical (unpaired) electrons. The fraction of sp³-hybridized carbons (Fsp3) is 0.867. The van der Waals surface area contributed by atoms with Gasteiger partial charge >= 0.3 is 12.0 Å². The third kappa shape index (κ3) is 2.63. The van der Waals surface area contributed by atoms with Crippen LogP contribution in [0.1, 0.15) is 58.8 Å². The Morgan fingerprint density at radius 3 is 2.45 bits per heavy atom. The molecule has 5 heteroatoms. The Labute approximate surface area is 120 Å². The van der Waals surface area contributed by atoms with E-state index < -0.39 is 11.5 Å². The molecule has 0 bridgehead atoms. The molecule has 2 amide bonds. The number of nitrogens with zero attached hydrogens (tertiary/aromatic N) is 1. The highest BCUT2D eigenvalue weighted by Gasteiger charge is 2.49. The van der Waals surface area contributed by atoms with E-state index in [1.807, 2.05) is 6.92 Å². The number of aliphatic carboxylic acids is 1. The van der Waals surface area contributed by atoms with Crippen LogP contribution in [-0.4, -0.2) is 40.6 Å². The molecule has 1 heterocycles. The van der Waals surface area contributed by atoms with E-state index in [1.165, 1.54) is 6.42 Å². The van der Waals surface area contributed by atoms with Gasteiger partial charge in [0, 0.05) is 13.1 Å². The number of hydrogen-bond acceptors (Lipinski definition) is 2. The predicted octanol–water partition coefficient (Wildman–Crippen LogP) is 2.61. The number of urea groups is 1. The molecule has 2 fully saturated rings. The summed E-state index contributed by atoms with van der Waals surface area (Å²) in [5, 5.41) is 12.5. The molecule has 1 aliphatic carbocycles. The van der Waals surface area contributed by atoms with Crippen molar-refractivity contribution < 1.29 is 14.7 Å². The number of carbonyl (C=O) groups excluding carboxylic acids is 1. The Morgan fingerprint density at radius 1 is 1.25 bits per heavy atom. The van der Waals surface area contributed by atoms with Gasteiger partial charge in [-0.2, -0.15) is 0 Å². The van der Waals surface area contributed by atoms with Crippen molar-refractivity contribution in [3.05, 3.63) is 0 Å². The van der Waals surface area contributed by atoms with Crippen molar-refractivity contribution in [3.8, 4) is 0 Å². The summed E-state index contributed by atoms with van der Waals surface area (Å²) < 4.78 is 0. The topological polar surface area (TPSA) is 69.6 Å². The smallest absolute Gasteiger partial charge is 0.329 e. The van der Waals surface area contributed by atoms with Crippen LogP contribution < -0.4 is 5.32 Å². The normalized spacial score (nSPS) is 28.0. The number of rotatable bonds is 5. The molecule has 1 saturated heterocycles. The van der Waals surface area contributed by atoms with E-state index in [0.717, 1.165) is 25.7 Å². The molecule has 20 heavy (non-hydrogen) atoms. The lowest BCUT2D eigenvalue weighted by Gasteiger charge is -2.40. The van der Waals surface area contributed by atoms with Gasteiger partial charge in [0.2, 0.25) is 0 Å². The van der Waals surface area contributed by atoms with Gasteiger partial charge in [-0.05, 0) is 37.5 Å². The molecule has 1 atom stereocenters. The van der Waals surface area contributed by atoms with Crippen LogP contribution in [0.3, 0.4) is 0 Å². The van der Waals surface area contributed by atoms with Gasteiger partial charge in [-0.3, -0.25) is 0 Å². The molecule has 114 valence electrons. The Bertz CT molecular complexity index is 393. The van der Waals surface area contributed by atoms with Gasteiger partial charge in [-0.25, -0.2) is 9.59 Å². The average molecular weight is 282 g/mol. The van der Waals surface area contributed by atoms with Gasteiger partial charge in [0.25, 0.3) is 0 Å². The summed E-state index contributed by atoms with van der Waals surface area (Å²) in [4.78, 5) is 25.6. The van der Waals surface area contributed by atoms with Crippen molar-refractivity contribution in [2.75, 3.05) is 13.1 Å². The first-order valence-corrected chi connectivity index (χ1v) is 7.72. The molecule has 2 rings (SSSR count). The highest BCUT2D eigenvalue weighted by molar-refractivity contribution is 5.87. The van der Waals surface area contributed by atoms with Crippen molar-refractivity contribution in [2.45, 2.75) is 64.3 Å². The van der Waals surface area contributed by atoms with Gasteiger partial charge in [-0.1, -0.05) is 26.7 Å². The summed E-state index contributed by atoms with van der Waals surface area (Å²) in [5.74, 6) is -0.859. The first-order valence-electron chi connectivity index (χ1n) is 7.72. The summed E-state index contributed by atoms with van der Waals surface area (Å²) >= 11 is 0. The lowest BCUT2D eigenvalue weighted by Crippen LogP contribution is -2.57. The molecule has 2 aliphatic rings. The number of hydrogen-bond donors (Lipinski definition) is 2. The highest BCUT2D eigenvalue weighted by Crippen LogP contribution is 2.40. The van der Waals surface area contributed by atoms with Crippen LogP contribution >= 0.6 is 0 Å². The Morgan fingerprint density at radius 2 is 1.95 bits per heavy atom. The highest BCUT2D eigenvalue weighted by atomic mass is 16.4. The number of carboxylic acids is 1. The second-order valence-corrected chi connectivity index (χ2v) is 6.66. The molecular weight excluding hydrogens is 256 g/mol. The quantitative estimate of drug-likeness (QED) is 0.814. The zero-order valence-electron chi connectivity index (χ0n) is 12.6. The maximum Gasteiger partial charge on any atom is 0.329 e. The second kappa shape index (κ2) is 5.62. The van der Waals surface area contributed by atoms with Crippen molar-refractivity contribution >= 4 is 12.0 Å². The number of nitrogens with one attached hydrogen (secondary N) is 1. The standard InChI is InChI=1S/C15H26N2O3/c1-3-6-15(12(18)19)9-5-10-17(15)13(20)16-11-14(2)7-4-8-14/h3-11H2,1-2H3,(H,16,20)(H,18,19). The van der Waals surface area contributed by atoms with E-state index in [0.29, 0.717) is 25.9 Å². The predicted molar refractivity (Wildman–Crippen MR) is 76.6 cm³/mol. The number of likely N-dealkylation sites (tertiary alicyclic amines) is 1. The second-order valence-electron chi connectivity index (χ2n) is 6.66. The average Bonchev–Trinajstić information content (AvgIpc) is 2.79. The van der Waals surface area contributed by atoms with Crippen LogP contribution in [0.4, 0.5) is 4.79 Å². The van der Waals surface area contributed by atoms with E-state index in [4.69, 9.17) is 0 Å². The minimum absolute atomic E-state index is 0.202. The van der Waals surface area contributed by atoms with E-state index in [9.17, 15) is 14.7 Å². The van der Waals surface area contributed by atoms with Crippen LogP contribution in [0.15, 0.2) is 0 Å². The van der Waals surface area contributed by atoms with Crippen molar-refractivity contribution in [1.82, 2.24) is 10.2 Å². The maximum absolute atomic E-state index is 12.4. The zero-order chi connectivity index (χ0) is 14.8. The largest absolute Gasteiger partial charge is 0.479 e. The van der Waals surface area contributed by atoms with Crippen LogP contribution in [0.2, 0.25) is 0 Å². The summed E-state index contributed by atoms with van der Waals surface area (Å²) in [5.41, 5.74) is -0.772. The van der Waals surface area contributed by atoms with E-state index in [2.05, 4.69) is 12.2 Å². The van der Waals surface area contributed by atoms with E-state index in [1.54, 1.807) is 4.90 Å². The molecule has 0 aromatic heterocycles. The molecule has 2 N–H and O–H groups in total. The molecule has 0 aromatic rings. The van der Waals surface area contributed by atoms with Crippen LogP contribution in [0.25, 0.3) is 0 Å². The molecule has 1 saturated carbocycles. The van der Waals surface area contributed by atoms with Crippen LogP contribution in [0, 0.1) is 5.41 Å². The van der Waals surface area contributed by atoms with Gasteiger partial charge in [0.1, 0.15) is 5.54 Å². The van der Waals surface area contributed by atoms with Crippen LogP contribution in [0.5, 0.6) is 0 Å². The van der Waals surface area contributed by atoms with Gasteiger partial charge in [0.05, 0.1) is 0 Å². The lowest BCUT2D eigenvalue weighted by atomic mass is 9.70. The first-order chi connectivity index (χ1) is 9.43. The summed E-state index contributed by atoms with van der Waals surface area (Å²) in [6.45, 7) is 5.35. The number of carbonyl (C=O) groups is 2. The minimum Gasteiger partial charge on any atom is -0.479 e. The maximum atomic E-state index is 12.4. The SMILES string of the molecule is CCCC1(C(=O)O)CCCN1C(=O)NCC1(C)CCC1. The molecule has 1 aliphatic heterocycles. The fourth-order valence-electron chi connectivity index (χ4n) is 3.52. The summed E-state index contributed by atoms with van der Waals surface area (Å²) in [7, 11) is 0. The van der Waals surface area contributed by atoms with Crippen molar-refractivity contribution in [2.24, 2.45) is 5.41 Å². The third-order valence-corrected chi connectivity index (χ3v) is 5.02. The molecule has 5 nitrogen and oxygen atoms in total. The third-order valence-electron chi connectivity index (χ3n) is 5.02. The van der Waals surface area contributed by atoms with E-state index in [-0.39, 0.29) is 11.4 Å².